The molecule has 3 heterocycles. The molecule has 2 aromatic carbocycles. The van der Waals surface area contributed by atoms with E-state index in [1.54, 1.807) is 0 Å². The molecule has 5 rings (SSSR count). The maximum atomic E-state index is 6.10. The number of fused-ring (bicyclic) bond motifs is 4. The molecule has 0 bridgehead atoms. The van der Waals surface area contributed by atoms with Gasteiger partial charge in [-0.25, -0.2) is 9.97 Å². The summed E-state index contributed by atoms with van der Waals surface area (Å²) >= 11 is 0. The van der Waals surface area contributed by atoms with Crippen LogP contribution in [0, 0.1) is 0 Å². The van der Waals surface area contributed by atoms with E-state index in [9.17, 15) is 0 Å². The highest BCUT2D eigenvalue weighted by Crippen LogP contribution is 2.27. The van der Waals surface area contributed by atoms with E-state index in [0.29, 0.717) is 25.6 Å². The molecule has 0 atom stereocenters. The molecule has 0 aliphatic heterocycles. The summed E-state index contributed by atoms with van der Waals surface area (Å²) in [6.07, 6.45) is 1.81. The second-order valence-electron chi connectivity index (χ2n) is 6.96. The second-order valence-corrected chi connectivity index (χ2v) is 6.96. The number of imidazole rings is 1. The molecule has 140 valence electrons. The molecule has 6 nitrogen and oxygen atoms in total. The van der Waals surface area contributed by atoms with Gasteiger partial charge in [-0.05, 0) is 23.6 Å². The lowest BCUT2D eigenvalue weighted by Crippen LogP contribution is -2.07. The van der Waals surface area contributed by atoms with Gasteiger partial charge in [0, 0.05) is 30.2 Å². The Morgan fingerprint density at radius 2 is 1.89 bits per heavy atom. The fourth-order valence-corrected chi connectivity index (χ4v) is 3.80. The van der Waals surface area contributed by atoms with Gasteiger partial charge >= 0.3 is 0 Å². The van der Waals surface area contributed by atoms with Crippen molar-refractivity contribution in [3.63, 3.8) is 0 Å². The van der Waals surface area contributed by atoms with Crippen LogP contribution in [0.3, 0.4) is 0 Å². The van der Waals surface area contributed by atoms with Crippen LogP contribution in [0.25, 0.3) is 32.8 Å². The van der Waals surface area contributed by atoms with Crippen LogP contribution in [0.15, 0.2) is 60.9 Å². The first kappa shape index (κ1) is 16.8. The van der Waals surface area contributed by atoms with E-state index in [0.717, 1.165) is 27.6 Å². The third-order valence-electron chi connectivity index (χ3n) is 5.26. The predicted octanol–water partition coefficient (Wildman–Crippen LogP) is 3.88. The van der Waals surface area contributed by atoms with E-state index in [-0.39, 0.29) is 0 Å². The molecule has 0 spiro atoms. The maximum Gasteiger partial charge on any atom is 0.152 e. The fourth-order valence-electron chi connectivity index (χ4n) is 3.80. The van der Waals surface area contributed by atoms with Gasteiger partial charge < -0.3 is 19.6 Å². The zero-order chi connectivity index (χ0) is 19.1. The monoisotopic (exact) mass is 371 g/mol. The van der Waals surface area contributed by atoms with Crippen LogP contribution in [-0.2, 0) is 24.9 Å². The van der Waals surface area contributed by atoms with Gasteiger partial charge in [-0.3, -0.25) is 0 Å². The van der Waals surface area contributed by atoms with E-state index in [1.807, 2.05) is 24.5 Å². The average molecular weight is 371 g/mol. The molecule has 6 heteroatoms. The van der Waals surface area contributed by atoms with Gasteiger partial charge in [0.05, 0.1) is 30.6 Å². The molecule has 0 unspecified atom stereocenters. The van der Waals surface area contributed by atoms with Gasteiger partial charge in [-0.2, -0.15) is 0 Å². The Bertz CT molecular complexity index is 1300. The summed E-state index contributed by atoms with van der Waals surface area (Å²) < 4.78 is 10.3. The van der Waals surface area contributed by atoms with Crippen LogP contribution in [0.2, 0.25) is 0 Å². The number of benzene rings is 2. The molecule has 0 aliphatic rings. The number of nitrogen functional groups attached to an aromatic ring is 1. The van der Waals surface area contributed by atoms with Crippen molar-refractivity contribution in [2.75, 3.05) is 12.3 Å². The van der Waals surface area contributed by atoms with Crippen LogP contribution in [0.5, 0.6) is 0 Å². The van der Waals surface area contributed by atoms with E-state index in [2.05, 4.69) is 62.5 Å². The number of para-hydroxylation sites is 2. The topological polar surface area (TPSA) is 70.9 Å². The smallest absolute Gasteiger partial charge is 0.152 e. The highest BCUT2D eigenvalue weighted by atomic mass is 16.5. The third-order valence-corrected chi connectivity index (χ3v) is 5.26. The number of aryl methyl sites for hydroxylation is 1. The molecule has 0 saturated carbocycles. The molecule has 0 amide bonds. The summed E-state index contributed by atoms with van der Waals surface area (Å²) in [7, 11) is 2.08. The molecule has 0 saturated heterocycles. The number of nitrogens with two attached hydrogens (primary N) is 1. The lowest BCUT2D eigenvalue weighted by Gasteiger charge is -2.09. The Labute approximate surface area is 162 Å². The quantitative estimate of drug-likeness (QED) is 0.476. The summed E-state index contributed by atoms with van der Waals surface area (Å²) in [5.74, 6) is 0.462. The molecule has 0 aliphatic carbocycles. The van der Waals surface area contributed by atoms with Crippen molar-refractivity contribution in [3.05, 3.63) is 66.6 Å². The first-order valence-electron chi connectivity index (χ1n) is 9.32. The number of aromatic nitrogens is 4. The van der Waals surface area contributed by atoms with Crippen molar-refractivity contribution in [3.8, 4) is 0 Å². The molecular formula is C22H21N5O. The number of ether oxygens (including phenoxy) is 1. The van der Waals surface area contributed by atoms with Crippen LogP contribution in [-0.4, -0.2) is 25.7 Å². The minimum atomic E-state index is 0.462. The molecule has 28 heavy (non-hydrogen) atoms. The first-order valence-corrected chi connectivity index (χ1v) is 9.32. The van der Waals surface area contributed by atoms with Gasteiger partial charge in [-0.15, -0.1) is 0 Å². The van der Waals surface area contributed by atoms with E-state index in [1.165, 1.54) is 10.9 Å². The molecule has 0 fully saturated rings. The summed E-state index contributed by atoms with van der Waals surface area (Å²) in [6, 6.07) is 18.5. The summed E-state index contributed by atoms with van der Waals surface area (Å²) in [5, 5.41) is 2.29. The molecule has 3 aromatic heterocycles. The lowest BCUT2D eigenvalue weighted by atomic mass is 10.2. The maximum absolute atomic E-state index is 6.10. The number of nitrogens with zero attached hydrogens (tertiary/aromatic N) is 4. The normalized spacial score (nSPS) is 11.8. The minimum absolute atomic E-state index is 0.462. The van der Waals surface area contributed by atoms with Crippen LogP contribution in [0.1, 0.15) is 5.69 Å². The number of pyridine rings is 1. The fraction of sp³-hybridized carbons (Fsp3) is 0.182. The van der Waals surface area contributed by atoms with Crippen molar-refractivity contribution in [2.45, 2.75) is 13.2 Å². The Hall–Kier alpha value is -3.38. The number of rotatable bonds is 5. The summed E-state index contributed by atoms with van der Waals surface area (Å²) in [4.78, 5) is 8.92. The average Bonchev–Trinajstić information content (AvgIpc) is 3.28. The number of anilines is 1. The highest BCUT2D eigenvalue weighted by molar-refractivity contribution is 6.06. The van der Waals surface area contributed by atoms with Gasteiger partial charge in [0.25, 0.3) is 0 Å². The van der Waals surface area contributed by atoms with Crippen LogP contribution in [0.4, 0.5) is 5.82 Å². The summed E-state index contributed by atoms with van der Waals surface area (Å²) in [5.41, 5.74) is 11.1. The Balaban J connectivity index is 1.35. The standard InChI is InChI=1S/C22H21N5O/c1-26-16(12-15-6-2-5-9-19(15)26)13-28-11-10-27-14-24-20-21(27)17-7-3-4-8-18(17)25-22(20)23/h2-9,12,14H,10-11,13H2,1H3,(H2,23,25). The molecule has 0 radical (unpaired) electrons. The van der Waals surface area contributed by atoms with Crippen molar-refractivity contribution < 1.29 is 4.74 Å². The van der Waals surface area contributed by atoms with Crippen molar-refractivity contribution in [1.29, 1.82) is 0 Å². The minimum Gasteiger partial charge on any atom is -0.382 e. The highest BCUT2D eigenvalue weighted by Gasteiger charge is 2.12. The largest absolute Gasteiger partial charge is 0.382 e. The zero-order valence-corrected chi connectivity index (χ0v) is 15.7. The summed E-state index contributed by atoms with van der Waals surface area (Å²) in [6.45, 7) is 1.86. The molecular weight excluding hydrogens is 350 g/mol. The van der Waals surface area contributed by atoms with Crippen LogP contribution >= 0.6 is 0 Å². The lowest BCUT2D eigenvalue weighted by molar-refractivity contribution is 0.110. The van der Waals surface area contributed by atoms with Crippen molar-refractivity contribution in [1.82, 2.24) is 19.1 Å². The van der Waals surface area contributed by atoms with E-state index < -0.39 is 0 Å². The van der Waals surface area contributed by atoms with Gasteiger partial charge in [0.15, 0.2) is 5.82 Å². The zero-order valence-electron chi connectivity index (χ0n) is 15.7. The Morgan fingerprint density at radius 1 is 1.07 bits per heavy atom. The molecule has 2 N–H and O–H groups in total. The second kappa shape index (κ2) is 6.65. The number of hydrogen-bond donors (Lipinski definition) is 1. The van der Waals surface area contributed by atoms with E-state index >= 15 is 0 Å². The van der Waals surface area contributed by atoms with Gasteiger partial charge in [-0.1, -0.05) is 36.4 Å². The Kier molecular flexibility index (Phi) is 3.98. The Morgan fingerprint density at radius 3 is 2.79 bits per heavy atom. The molecule has 5 aromatic rings. The predicted molar refractivity (Wildman–Crippen MR) is 112 cm³/mol. The third kappa shape index (κ3) is 2.70. The number of hydrogen-bond acceptors (Lipinski definition) is 4. The van der Waals surface area contributed by atoms with Gasteiger partial charge in [0.2, 0.25) is 0 Å². The van der Waals surface area contributed by atoms with Crippen molar-refractivity contribution in [2.24, 2.45) is 7.05 Å². The first-order chi connectivity index (χ1) is 13.7. The SMILES string of the molecule is Cn1c(COCCn2cnc3c(N)nc4ccccc4c32)cc2ccccc21. The van der Waals surface area contributed by atoms with Crippen molar-refractivity contribution >= 4 is 38.7 Å². The van der Waals surface area contributed by atoms with E-state index in [4.69, 9.17) is 10.5 Å². The van der Waals surface area contributed by atoms with Gasteiger partial charge in [0.1, 0.15) is 5.52 Å². The van der Waals surface area contributed by atoms with Crippen LogP contribution < -0.4 is 5.73 Å².